The smallest absolute Gasteiger partial charge is 0.258 e. The molecule has 0 atom stereocenters. The number of hydrogen-bond acceptors (Lipinski definition) is 5. The van der Waals surface area contributed by atoms with Gasteiger partial charge in [0.15, 0.2) is 11.5 Å². The number of anilines is 1. The Hall–Kier alpha value is -4.06. The van der Waals surface area contributed by atoms with Crippen LogP contribution in [0.4, 0.5) is 5.69 Å². The maximum absolute atomic E-state index is 14.0. The summed E-state index contributed by atoms with van der Waals surface area (Å²) in [6.07, 6.45) is 1.74. The molecule has 6 heteroatoms. The number of fused-ring (bicyclic) bond motifs is 1. The highest BCUT2D eigenvalue weighted by molar-refractivity contribution is 6.07. The molecule has 0 aliphatic carbocycles. The van der Waals surface area contributed by atoms with E-state index in [1.54, 1.807) is 23.2 Å². The van der Waals surface area contributed by atoms with Gasteiger partial charge in [-0.2, -0.15) is 0 Å². The minimum atomic E-state index is -0.203. The van der Waals surface area contributed by atoms with E-state index in [0.29, 0.717) is 35.0 Å². The zero-order valence-electron chi connectivity index (χ0n) is 21.7. The number of nitrogens with zero attached hydrogens (tertiary/aromatic N) is 2. The number of ether oxygens (including phenoxy) is 3. The Kier molecular flexibility index (Phi) is 7.15. The lowest BCUT2D eigenvalue weighted by Gasteiger charge is -2.25. The highest BCUT2D eigenvalue weighted by Crippen LogP contribution is 2.39. The van der Waals surface area contributed by atoms with Gasteiger partial charge in [-0.3, -0.25) is 9.78 Å². The van der Waals surface area contributed by atoms with Crippen LogP contribution in [0.2, 0.25) is 0 Å². The molecule has 1 amide bonds. The first-order valence-electron chi connectivity index (χ1n) is 11.8. The van der Waals surface area contributed by atoms with Crippen molar-refractivity contribution in [2.75, 3.05) is 26.2 Å². The second-order valence-electron chi connectivity index (χ2n) is 9.64. The Morgan fingerprint density at radius 3 is 2.08 bits per heavy atom. The molecule has 0 fully saturated rings. The zero-order valence-corrected chi connectivity index (χ0v) is 21.7. The quantitative estimate of drug-likeness (QED) is 0.304. The summed E-state index contributed by atoms with van der Waals surface area (Å²) in [5.74, 6) is 1.08. The monoisotopic (exact) mass is 484 g/mol. The number of hydrogen-bond donors (Lipinski definition) is 0. The Labute approximate surface area is 212 Å². The van der Waals surface area contributed by atoms with Crippen LogP contribution in [0, 0.1) is 0 Å². The standard InChI is InChI=1S/C30H32N2O4/c1-30(2,3)23-13-11-20(12-14-23)19-32(24-15-21-9-7-8-10-25(21)31-18-24)29(33)22-16-26(34-4)28(36-6)27(17-22)35-5/h7-18H,19H2,1-6H3. The fraction of sp³-hybridized carbons (Fsp3) is 0.267. The van der Waals surface area contributed by atoms with Crippen LogP contribution in [0.3, 0.4) is 0 Å². The number of aromatic nitrogens is 1. The lowest BCUT2D eigenvalue weighted by Crippen LogP contribution is -2.30. The summed E-state index contributed by atoms with van der Waals surface area (Å²) in [5.41, 5.74) is 4.29. The van der Waals surface area contributed by atoms with E-state index in [0.717, 1.165) is 16.5 Å². The molecule has 0 unspecified atom stereocenters. The van der Waals surface area contributed by atoms with Crippen LogP contribution < -0.4 is 19.1 Å². The fourth-order valence-corrected chi connectivity index (χ4v) is 4.14. The molecular weight excluding hydrogens is 452 g/mol. The van der Waals surface area contributed by atoms with Crippen LogP contribution in [0.25, 0.3) is 10.9 Å². The Balaban J connectivity index is 1.79. The topological polar surface area (TPSA) is 60.9 Å². The molecule has 0 aliphatic rings. The average Bonchev–Trinajstić information content (AvgIpc) is 2.89. The largest absolute Gasteiger partial charge is 0.493 e. The molecule has 0 bridgehead atoms. The second-order valence-corrected chi connectivity index (χ2v) is 9.64. The van der Waals surface area contributed by atoms with Gasteiger partial charge in [0, 0.05) is 10.9 Å². The lowest BCUT2D eigenvalue weighted by molar-refractivity contribution is 0.0984. The number of carbonyl (C=O) groups is 1. The summed E-state index contributed by atoms with van der Waals surface area (Å²) in [6, 6.07) is 21.6. The summed E-state index contributed by atoms with van der Waals surface area (Å²) in [4.78, 5) is 20.3. The van der Waals surface area contributed by atoms with Gasteiger partial charge < -0.3 is 19.1 Å². The van der Waals surface area contributed by atoms with Gasteiger partial charge in [0.25, 0.3) is 5.91 Å². The highest BCUT2D eigenvalue weighted by Gasteiger charge is 2.24. The van der Waals surface area contributed by atoms with Crippen molar-refractivity contribution >= 4 is 22.5 Å². The van der Waals surface area contributed by atoms with E-state index < -0.39 is 0 Å². The fourth-order valence-electron chi connectivity index (χ4n) is 4.14. The molecule has 1 aromatic heterocycles. The molecule has 0 saturated carbocycles. The Morgan fingerprint density at radius 1 is 0.861 bits per heavy atom. The molecular formula is C30H32N2O4. The number of para-hydroxylation sites is 1. The van der Waals surface area contributed by atoms with E-state index in [2.05, 4.69) is 50.0 Å². The summed E-state index contributed by atoms with van der Waals surface area (Å²) >= 11 is 0. The van der Waals surface area contributed by atoms with Gasteiger partial charge in [0.05, 0.1) is 45.3 Å². The van der Waals surface area contributed by atoms with Gasteiger partial charge in [-0.1, -0.05) is 63.2 Å². The molecule has 0 radical (unpaired) electrons. The van der Waals surface area contributed by atoms with Crippen molar-refractivity contribution in [3.8, 4) is 17.2 Å². The Morgan fingerprint density at radius 2 is 1.50 bits per heavy atom. The van der Waals surface area contributed by atoms with E-state index >= 15 is 0 Å². The molecule has 36 heavy (non-hydrogen) atoms. The molecule has 4 rings (SSSR count). The summed E-state index contributed by atoms with van der Waals surface area (Å²) in [6.45, 7) is 6.93. The van der Waals surface area contributed by atoms with Crippen LogP contribution in [0.15, 0.2) is 72.9 Å². The van der Waals surface area contributed by atoms with Gasteiger partial charge >= 0.3 is 0 Å². The number of pyridine rings is 1. The molecule has 1 heterocycles. The van der Waals surface area contributed by atoms with Gasteiger partial charge in [0.2, 0.25) is 5.75 Å². The van der Waals surface area contributed by atoms with Gasteiger partial charge in [-0.15, -0.1) is 0 Å². The number of methoxy groups -OCH3 is 3. The number of amides is 1. The van der Waals surface area contributed by atoms with Crippen LogP contribution in [-0.4, -0.2) is 32.2 Å². The number of rotatable bonds is 7. The summed E-state index contributed by atoms with van der Waals surface area (Å²) in [5, 5.41) is 0.959. The van der Waals surface area contributed by atoms with Crippen LogP contribution in [0.5, 0.6) is 17.2 Å². The van der Waals surface area contributed by atoms with Gasteiger partial charge in [0.1, 0.15) is 0 Å². The van der Waals surface area contributed by atoms with E-state index in [1.807, 2.05) is 30.3 Å². The second kappa shape index (κ2) is 10.3. The predicted molar refractivity (Wildman–Crippen MR) is 143 cm³/mol. The maximum atomic E-state index is 14.0. The predicted octanol–water partition coefficient (Wildman–Crippen LogP) is 6.41. The van der Waals surface area contributed by atoms with Crippen LogP contribution in [0.1, 0.15) is 42.3 Å². The molecule has 0 spiro atoms. The van der Waals surface area contributed by atoms with E-state index in [4.69, 9.17) is 14.2 Å². The first-order valence-corrected chi connectivity index (χ1v) is 11.8. The van der Waals surface area contributed by atoms with Gasteiger partial charge in [-0.05, 0) is 40.8 Å². The van der Waals surface area contributed by atoms with Crippen LogP contribution >= 0.6 is 0 Å². The van der Waals surface area contributed by atoms with Crippen LogP contribution in [-0.2, 0) is 12.0 Å². The van der Waals surface area contributed by atoms with Crippen molar-refractivity contribution in [2.24, 2.45) is 0 Å². The van der Waals surface area contributed by atoms with Crippen molar-refractivity contribution in [1.29, 1.82) is 0 Å². The summed E-state index contributed by atoms with van der Waals surface area (Å²) < 4.78 is 16.4. The summed E-state index contributed by atoms with van der Waals surface area (Å²) in [7, 11) is 4.61. The third-order valence-corrected chi connectivity index (χ3v) is 6.21. The third-order valence-electron chi connectivity index (χ3n) is 6.21. The molecule has 0 N–H and O–H groups in total. The van der Waals surface area contributed by atoms with E-state index in [9.17, 15) is 4.79 Å². The molecule has 6 nitrogen and oxygen atoms in total. The molecule has 0 aliphatic heterocycles. The van der Waals surface area contributed by atoms with E-state index in [1.165, 1.54) is 26.9 Å². The van der Waals surface area contributed by atoms with Crippen molar-refractivity contribution in [1.82, 2.24) is 4.98 Å². The molecule has 3 aromatic carbocycles. The minimum absolute atomic E-state index is 0.0481. The number of benzene rings is 3. The van der Waals surface area contributed by atoms with Crippen molar-refractivity contribution < 1.29 is 19.0 Å². The Bertz CT molecular complexity index is 1350. The highest BCUT2D eigenvalue weighted by atomic mass is 16.5. The van der Waals surface area contributed by atoms with Crippen molar-refractivity contribution in [2.45, 2.75) is 32.7 Å². The minimum Gasteiger partial charge on any atom is -0.493 e. The molecule has 186 valence electrons. The lowest BCUT2D eigenvalue weighted by atomic mass is 9.87. The van der Waals surface area contributed by atoms with Gasteiger partial charge in [-0.25, -0.2) is 0 Å². The zero-order chi connectivity index (χ0) is 25.9. The van der Waals surface area contributed by atoms with E-state index in [-0.39, 0.29) is 11.3 Å². The number of carbonyl (C=O) groups excluding carboxylic acids is 1. The average molecular weight is 485 g/mol. The first kappa shape index (κ1) is 25.0. The van der Waals surface area contributed by atoms with Crippen molar-refractivity contribution in [3.05, 3.63) is 89.6 Å². The molecule has 0 saturated heterocycles. The SMILES string of the molecule is COc1cc(C(=O)N(Cc2ccc(C(C)(C)C)cc2)c2cnc3ccccc3c2)cc(OC)c1OC. The maximum Gasteiger partial charge on any atom is 0.258 e. The first-order chi connectivity index (χ1) is 17.2. The normalized spacial score (nSPS) is 11.3. The third kappa shape index (κ3) is 5.13. The molecule has 4 aromatic rings. The van der Waals surface area contributed by atoms with Crippen molar-refractivity contribution in [3.63, 3.8) is 0 Å².